The number of anilines is 1. The van der Waals surface area contributed by atoms with Crippen LogP contribution in [-0.2, 0) is 17.8 Å². The molecule has 5 heteroatoms. The summed E-state index contributed by atoms with van der Waals surface area (Å²) in [6.07, 6.45) is 0.186. The molecule has 0 aromatic heterocycles. The molecule has 0 bridgehead atoms. The Morgan fingerprint density at radius 3 is 2.52 bits per heavy atom. The molecule has 0 unspecified atom stereocenters. The molecule has 1 fully saturated rings. The molecule has 1 aliphatic heterocycles. The van der Waals surface area contributed by atoms with Gasteiger partial charge in [-0.25, -0.2) is 0 Å². The van der Waals surface area contributed by atoms with Gasteiger partial charge in [0.15, 0.2) is 0 Å². The maximum absolute atomic E-state index is 12.1. The number of aliphatic hydroxyl groups excluding tert-OH is 1. The Morgan fingerprint density at radius 1 is 1.17 bits per heavy atom. The Bertz CT molecular complexity index is 682. The zero-order valence-corrected chi connectivity index (χ0v) is 14.3. The first-order chi connectivity index (χ1) is 11.1. The molecule has 23 heavy (non-hydrogen) atoms. The van der Waals surface area contributed by atoms with E-state index < -0.39 is 0 Å². The summed E-state index contributed by atoms with van der Waals surface area (Å²) in [4.78, 5) is 14.3. The van der Waals surface area contributed by atoms with Gasteiger partial charge in [0, 0.05) is 29.8 Å². The summed E-state index contributed by atoms with van der Waals surface area (Å²) in [6.45, 7) is 2.34. The maximum Gasteiger partial charge on any atom is 0.228 e. The number of nitrogens with zero attached hydrogens (tertiary/aromatic N) is 1. The highest BCUT2D eigenvalue weighted by atomic mass is 79.9. The van der Waals surface area contributed by atoms with E-state index in [1.165, 1.54) is 5.56 Å². The Kier molecular flexibility index (Phi) is 5.10. The second kappa shape index (κ2) is 7.25. The van der Waals surface area contributed by atoms with Gasteiger partial charge in [-0.15, -0.1) is 0 Å². The number of aliphatic hydroxyl groups is 1. The fourth-order valence-electron chi connectivity index (χ4n) is 2.65. The van der Waals surface area contributed by atoms with Crippen LogP contribution in [0.5, 0.6) is 0 Å². The third-order valence-electron chi connectivity index (χ3n) is 3.84. The number of halogens is 1. The molecule has 0 saturated carbocycles. The predicted octanol–water partition coefficient (Wildman–Crippen LogP) is 2.81. The number of nitrogens with one attached hydrogen (secondary N) is 1. The number of carbonyl (C=O) groups is 1. The molecule has 1 saturated heterocycles. The van der Waals surface area contributed by atoms with Crippen molar-refractivity contribution in [2.45, 2.75) is 19.1 Å². The molecule has 4 nitrogen and oxygen atoms in total. The van der Waals surface area contributed by atoms with Crippen molar-refractivity contribution in [3.05, 3.63) is 64.1 Å². The van der Waals surface area contributed by atoms with Crippen molar-refractivity contribution in [3.63, 3.8) is 0 Å². The quantitative estimate of drug-likeness (QED) is 0.845. The molecule has 3 rings (SSSR count). The van der Waals surface area contributed by atoms with Crippen molar-refractivity contribution < 1.29 is 9.90 Å². The first-order valence-electron chi connectivity index (χ1n) is 7.62. The molecule has 2 aromatic rings. The molecule has 120 valence electrons. The van der Waals surface area contributed by atoms with E-state index in [9.17, 15) is 9.90 Å². The normalized spacial score (nSPS) is 15.2. The van der Waals surface area contributed by atoms with Gasteiger partial charge in [-0.1, -0.05) is 46.3 Å². The summed E-state index contributed by atoms with van der Waals surface area (Å²) in [5.41, 5.74) is 2.98. The highest BCUT2D eigenvalue weighted by molar-refractivity contribution is 9.10. The number of carbonyl (C=O) groups excluding carboxylic acids is 1. The second-order valence-corrected chi connectivity index (χ2v) is 6.82. The Balaban J connectivity index is 1.52. The second-order valence-electron chi connectivity index (χ2n) is 5.90. The van der Waals surface area contributed by atoms with Crippen LogP contribution < -0.4 is 5.32 Å². The van der Waals surface area contributed by atoms with Crippen LogP contribution in [0.15, 0.2) is 53.0 Å². The lowest BCUT2D eigenvalue weighted by Crippen LogP contribution is -2.49. The molecule has 2 N–H and O–H groups in total. The van der Waals surface area contributed by atoms with E-state index in [4.69, 9.17) is 0 Å². The molecule has 0 aliphatic carbocycles. The Labute approximate surface area is 144 Å². The minimum absolute atomic E-state index is 0.0262. The van der Waals surface area contributed by atoms with Crippen molar-refractivity contribution in [1.82, 2.24) is 4.90 Å². The van der Waals surface area contributed by atoms with Gasteiger partial charge in [-0.2, -0.15) is 0 Å². The van der Waals surface area contributed by atoms with Crippen LogP contribution in [0.2, 0.25) is 0 Å². The van der Waals surface area contributed by atoms with Gasteiger partial charge in [0.05, 0.1) is 12.5 Å². The molecule has 1 heterocycles. The smallest absolute Gasteiger partial charge is 0.228 e. The van der Waals surface area contributed by atoms with E-state index in [1.54, 1.807) is 0 Å². The SMILES string of the molecule is O=C(Cc1ccc(CN2CC(O)C2)cc1)Nc1cccc(Br)c1. The summed E-state index contributed by atoms with van der Waals surface area (Å²) >= 11 is 3.39. The standard InChI is InChI=1S/C18H19BrN2O2/c19-15-2-1-3-16(9-15)20-18(23)8-13-4-6-14(7-5-13)10-21-11-17(22)12-21/h1-7,9,17,22H,8,10-12H2,(H,20,23). The highest BCUT2D eigenvalue weighted by Crippen LogP contribution is 2.17. The minimum Gasteiger partial charge on any atom is -0.390 e. The van der Waals surface area contributed by atoms with Crippen molar-refractivity contribution >= 4 is 27.5 Å². The van der Waals surface area contributed by atoms with Crippen LogP contribution in [0.4, 0.5) is 5.69 Å². The highest BCUT2D eigenvalue weighted by Gasteiger charge is 2.23. The lowest BCUT2D eigenvalue weighted by Gasteiger charge is -2.35. The van der Waals surface area contributed by atoms with E-state index in [0.717, 1.165) is 35.4 Å². The average molecular weight is 375 g/mol. The lowest BCUT2D eigenvalue weighted by atomic mass is 10.1. The molecule has 1 aliphatic rings. The first kappa shape index (κ1) is 16.2. The van der Waals surface area contributed by atoms with Crippen LogP contribution in [0.3, 0.4) is 0 Å². The van der Waals surface area contributed by atoms with Crippen LogP contribution in [-0.4, -0.2) is 35.1 Å². The third-order valence-corrected chi connectivity index (χ3v) is 4.33. The number of β-amino-alcohol motifs (C(OH)–C–C–N with tert-alkyl or cyclic N) is 1. The predicted molar refractivity (Wildman–Crippen MR) is 94.2 cm³/mol. The monoisotopic (exact) mass is 374 g/mol. The van der Waals surface area contributed by atoms with E-state index in [2.05, 4.69) is 26.1 Å². The molecular formula is C18H19BrN2O2. The number of benzene rings is 2. The molecule has 0 atom stereocenters. The fourth-order valence-corrected chi connectivity index (χ4v) is 3.05. The van der Waals surface area contributed by atoms with Crippen LogP contribution in [0, 0.1) is 0 Å². The number of rotatable bonds is 5. The number of likely N-dealkylation sites (tertiary alicyclic amines) is 1. The van der Waals surface area contributed by atoms with Crippen molar-refractivity contribution in [2.24, 2.45) is 0 Å². The first-order valence-corrected chi connectivity index (χ1v) is 8.41. The summed E-state index contributed by atoms with van der Waals surface area (Å²) < 4.78 is 0.941. The molecule has 1 amide bonds. The van der Waals surface area contributed by atoms with Gasteiger partial charge in [-0.3, -0.25) is 9.69 Å². The van der Waals surface area contributed by atoms with Gasteiger partial charge < -0.3 is 10.4 Å². The number of hydrogen-bond donors (Lipinski definition) is 2. The van der Waals surface area contributed by atoms with E-state index in [1.807, 2.05) is 48.5 Å². The molecule has 0 spiro atoms. The van der Waals surface area contributed by atoms with E-state index in [0.29, 0.717) is 6.42 Å². The topological polar surface area (TPSA) is 52.6 Å². The third kappa shape index (κ3) is 4.64. The maximum atomic E-state index is 12.1. The van der Waals surface area contributed by atoms with Gasteiger partial charge in [0.1, 0.15) is 0 Å². The van der Waals surface area contributed by atoms with Crippen LogP contribution in [0.1, 0.15) is 11.1 Å². The number of hydrogen-bond acceptors (Lipinski definition) is 3. The van der Waals surface area contributed by atoms with Crippen molar-refractivity contribution in [3.8, 4) is 0 Å². The van der Waals surface area contributed by atoms with Gasteiger partial charge >= 0.3 is 0 Å². The largest absolute Gasteiger partial charge is 0.390 e. The fraction of sp³-hybridized carbons (Fsp3) is 0.278. The summed E-state index contributed by atoms with van der Waals surface area (Å²) in [5, 5.41) is 12.2. The van der Waals surface area contributed by atoms with Crippen LogP contribution in [0.25, 0.3) is 0 Å². The summed E-state index contributed by atoms with van der Waals surface area (Å²) in [7, 11) is 0. The van der Waals surface area contributed by atoms with E-state index in [-0.39, 0.29) is 12.0 Å². The Morgan fingerprint density at radius 2 is 1.87 bits per heavy atom. The van der Waals surface area contributed by atoms with E-state index >= 15 is 0 Å². The minimum atomic E-state index is -0.170. The van der Waals surface area contributed by atoms with Crippen LogP contribution >= 0.6 is 15.9 Å². The Hall–Kier alpha value is -1.69. The number of amides is 1. The molecular weight excluding hydrogens is 356 g/mol. The zero-order valence-electron chi connectivity index (χ0n) is 12.7. The summed E-state index contributed by atoms with van der Waals surface area (Å²) in [6, 6.07) is 15.6. The van der Waals surface area contributed by atoms with Crippen molar-refractivity contribution in [1.29, 1.82) is 0 Å². The summed E-state index contributed by atoms with van der Waals surface area (Å²) in [5.74, 6) is -0.0262. The zero-order chi connectivity index (χ0) is 16.2. The van der Waals surface area contributed by atoms with Gasteiger partial charge in [0.2, 0.25) is 5.91 Å². The average Bonchev–Trinajstić information content (AvgIpc) is 2.47. The lowest BCUT2D eigenvalue weighted by molar-refractivity contribution is -0.115. The van der Waals surface area contributed by atoms with Gasteiger partial charge in [0.25, 0.3) is 0 Å². The van der Waals surface area contributed by atoms with Gasteiger partial charge in [-0.05, 0) is 29.3 Å². The molecule has 2 aromatic carbocycles. The van der Waals surface area contributed by atoms with Crippen molar-refractivity contribution in [2.75, 3.05) is 18.4 Å². The molecule has 0 radical (unpaired) electrons.